The average molecular weight is 163 g/mol. The van der Waals surface area contributed by atoms with Gasteiger partial charge in [-0.25, -0.2) is 0 Å². The molecule has 0 saturated carbocycles. The monoisotopic (exact) mass is 163 g/mol. The van der Waals surface area contributed by atoms with Crippen LogP contribution in [0.4, 0.5) is 0 Å². The second-order valence-corrected chi connectivity index (χ2v) is 3.42. The lowest BCUT2D eigenvalue weighted by molar-refractivity contribution is 0.0969. The van der Waals surface area contributed by atoms with Gasteiger partial charge in [-0.3, -0.25) is 4.98 Å². The molecule has 1 aliphatic rings. The van der Waals surface area contributed by atoms with Crippen molar-refractivity contribution in [3.63, 3.8) is 0 Å². The van der Waals surface area contributed by atoms with E-state index >= 15 is 0 Å². The zero-order chi connectivity index (χ0) is 8.77. The van der Waals surface area contributed by atoms with Gasteiger partial charge in [0.15, 0.2) is 0 Å². The molecule has 1 aliphatic heterocycles. The smallest absolute Gasteiger partial charge is 0.423 e. The Hall–Kier alpha value is -0.865. The fraction of sp³-hybridized carbons (Fsp3) is 0.375. The van der Waals surface area contributed by atoms with Crippen LogP contribution in [0.25, 0.3) is 0 Å². The van der Waals surface area contributed by atoms with Gasteiger partial charge in [0.25, 0.3) is 0 Å². The lowest BCUT2D eigenvalue weighted by Crippen LogP contribution is -2.28. The maximum atomic E-state index is 9.45. The molecule has 0 bridgehead atoms. The minimum Gasteiger partial charge on any atom is -0.423 e. The molecular weight excluding hydrogens is 153 g/mol. The minimum atomic E-state index is -0.816. The number of pyridine rings is 1. The normalized spacial score (nSPS) is 19.4. The Kier molecular flexibility index (Phi) is 1.50. The second-order valence-electron chi connectivity index (χ2n) is 3.42. The largest absolute Gasteiger partial charge is 0.493 e. The number of hydrogen-bond donors (Lipinski definition) is 1. The van der Waals surface area contributed by atoms with E-state index in [0.29, 0.717) is 0 Å². The van der Waals surface area contributed by atoms with Crippen LogP contribution in [0.1, 0.15) is 19.5 Å². The summed E-state index contributed by atoms with van der Waals surface area (Å²) in [5.74, 6) is 0. The average Bonchev–Trinajstić information content (AvgIpc) is 2.25. The lowest BCUT2D eigenvalue weighted by Gasteiger charge is -2.17. The van der Waals surface area contributed by atoms with E-state index in [1.54, 1.807) is 12.3 Å². The molecule has 0 atom stereocenters. The van der Waals surface area contributed by atoms with Crippen LogP contribution in [-0.2, 0) is 10.3 Å². The standard InChI is InChI=1S/C8H10BNO2/c1-8(2)7-6(9(11)12-8)4-3-5-10-7/h3-5,11H,1-2H3. The molecule has 0 amide bonds. The van der Waals surface area contributed by atoms with Gasteiger partial charge in [0.05, 0.1) is 11.3 Å². The Balaban J connectivity index is 2.58. The van der Waals surface area contributed by atoms with Crippen molar-refractivity contribution in [2.24, 2.45) is 0 Å². The van der Waals surface area contributed by atoms with Crippen LogP contribution in [0.3, 0.4) is 0 Å². The fourth-order valence-corrected chi connectivity index (χ4v) is 1.52. The van der Waals surface area contributed by atoms with E-state index in [4.69, 9.17) is 4.65 Å². The number of rotatable bonds is 0. The summed E-state index contributed by atoms with van der Waals surface area (Å²) < 4.78 is 5.31. The minimum absolute atomic E-state index is 0.462. The van der Waals surface area contributed by atoms with E-state index in [1.165, 1.54) is 0 Å². The van der Waals surface area contributed by atoms with Crippen LogP contribution in [-0.4, -0.2) is 17.1 Å². The van der Waals surface area contributed by atoms with Crippen LogP contribution in [0, 0.1) is 0 Å². The summed E-state index contributed by atoms with van der Waals surface area (Å²) in [5, 5.41) is 9.45. The second kappa shape index (κ2) is 2.31. The van der Waals surface area contributed by atoms with Crippen molar-refractivity contribution in [3.05, 3.63) is 24.0 Å². The van der Waals surface area contributed by atoms with E-state index in [1.807, 2.05) is 19.9 Å². The van der Waals surface area contributed by atoms with E-state index in [2.05, 4.69) is 4.98 Å². The van der Waals surface area contributed by atoms with E-state index < -0.39 is 12.7 Å². The summed E-state index contributed by atoms with van der Waals surface area (Å²) in [6, 6.07) is 3.63. The number of hydrogen-bond acceptors (Lipinski definition) is 3. The molecule has 2 heterocycles. The van der Waals surface area contributed by atoms with Gasteiger partial charge in [-0.2, -0.15) is 0 Å². The number of fused-ring (bicyclic) bond motifs is 1. The fourth-order valence-electron chi connectivity index (χ4n) is 1.52. The molecule has 4 heteroatoms. The van der Waals surface area contributed by atoms with Crippen molar-refractivity contribution < 1.29 is 9.68 Å². The van der Waals surface area contributed by atoms with Gasteiger partial charge in [0.2, 0.25) is 0 Å². The Labute approximate surface area is 71.5 Å². The van der Waals surface area contributed by atoms with Crippen molar-refractivity contribution in [3.8, 4) is 0 Å². The summed E-state index contributed by atoms with van der Waals surface area (Å²) in [5.41, 5.74) is 1.15. The Bertz CT molecular complexity index is 314. The molecule has 1 aromatic heterocycles. The third kappa shape index (κ3) is 0.957. The highest BCUT2D eigenvalue weighted by Crippen LogP contribution is 2.27. The third-order valence-electron chi connectivity index (χ3n) is 2.08. The summed E-state index contributed by atoms with van der Waals surface area (Å²) in [4.78, 5) is 4.18. The van der Waals surface area contributed by atoms with E-state index in [0.717, 1.165) is 11.2 Å². The van der Waals surface area contributed by atoms with Crippen molar-refractivity contribution >= 4 is 12.6 Å². The van der Waals surface area contributed by atoms with Crippen LogP contribution in [0.5, 0.6) is 0 Å². The van der Waals surface area contributed by atoms with Gasteiger partial charge < -0.3 is 9.68 Å². The summed E-state index contributed by atoms with van der Waals surface area (Å²) in [6.07, 6.45) is 1.71. The summed E-state index contributed by atoms with van der Waals surface area (Å²) in [6.45, 7) is 3.80. The van der Waals surface area contributed by atoms with Gasteiger partial charge in [0.1, 0.15) is 0 Å². The van der Waals surface area contributed by atoms with Crippen molar-refractivity contribution in [2.75, 3.05) is 0 Å². The molecule has 0 radical (unpaired) electrons. The molecular formula is C8H10BNO2. The SMILES string of the molecule is CC1(C)OB(O)c2cccnc21. The Morgan fingerprint density at radius 1 is 1.58 bits per heavy atom. The summed E-state index contributed by atoms with van der Waals surface area (Å²) >= 11 is 0. The highest BCUT2D eigenvalue weighted by molar-refractivity contribution is 6.61. The quantitative estimate of drug-likeness (QED) is 0.548. The highest BCUT2D eigenvalue weighted by atomic mass is 16.5. The number of aromatic nitrogens is 1. The lowest BCUT2D eigenvalue weighted by atomic mass is 9.81. The number of nitrogens with zero attached hydrogens (tertiary/aromatic N) is 1. The Morgan fingerprint density at radius 2 is 2.33 bits per heavy atom. The Morgan fingerprint density at radius 3 is 3.00 bits per heavy atom. The van der Waals surface area contributed by atoms with Gasteiger partial charge in [-0.1, -0.05) is 6.07 Å². The molecule has 3 nitrogen and oxygen atoms in total. The van der Waals surface area contributed by atoms with E-state index in [-0.39, 0.29) is 0 Å². The first-order valence-corrected chi connectivity index (χ1v) is 3.92. The maximum Gasteiger partial charge on any atom is 0.493 e. The predicted octanol–water partition coefficient (Wildman–Crippen LogP) is 0.0344. The molecule has 0 spiro atoms. The first kappa shape index (κ1) is 7.77. The van der Waals surface area contributed by atoms with Gasteiger partial charge in [-0.05, 0) is 19.9 Å². The maximum absolute atomic E-state index is 9.45. The van der Waals surface area contributed by atoms with Crippen molar-refractivity contribution in [2.45, 2.75) is 19.4 Å². The van der Waals surface area contributed by atoms with Crippen molar-refractivity contribution in [1.29, 1.82) is 0 Å². The predicted molar refractivity (Wildman–Crippen MR) is 46.0 cm³/mol. The van der Waals surface area contributed by atoms with Gasteiger partial charge in [-0.15, -0.1) is 0 Å². The molecule has 0 aromatic carbocycles. The molecule has 0 unspecified atom stereocenters. The molecule has 0 saturated heterocycles. The molecule has 62 valence electrons. The first-order valence-electron chi connectivity index (χ1n) is 3.92. The molecule has 12 heavy (non-hydrogen) atoms. The topological polar surface area (TPSA) is 42.4 Å². The molecule has 0 fully saturated rings. The highest BCUT2D eigenvalue weighted by Gasteiger charge is 2.41. The molecule has 2 rings (SSSR count). The van der Waals surface area contributed by atoms with Crippen LogP contribution in [0.15, 0.2) is 18.3 Å². The van der Waals surface area contributed by atoms with Crippen LogP contribution in [0.2, 0.25) is 0 Å². The zero-order valence-corrected chi connectivity index (χ0v) is 7.11. The van der Waals surface area contributed by atoms with Crippen LogP contribution >= 0.6 is 0 Å². The third-order valence-corrected chi connectivity index (χ3v) is 2.08. The van der Waals surface area contributed by atoms with Gasteiger partial charge >= 0.3 is 7.12 Å². The molecule has 1 N–H and O–H groups in total. The van der Waals surface area contributed by atoms with E-state index in [9.17, 15) is 5.02 Å². The molecule has 1 aromatic rings. The van der Waals surface area contributed by atoms with Crippen LogP contribution < -0.4 is 5.46 Å². The van der Waals surface area contributed by atoms with Crippen molar-refractivity contribution in [1.82, 2.24) is 4.98 Å². The summed E-state index contributed by atoms with van der Waals surface area (Å²) in [7, 11) is -0.816. The first-order chi connectivity index (χ1) is 5.61. The van der Waals surface area contributed by atoms with Gasteiger partial charge in [0, 0.05) is 11.7 Å². The zero-order valence-electron chi connectivity index (χ0n) is 7.11. The molecule has 0 aliphatic carbocycles.